The number of primary amides is 1. The van der Waals surface area contributed by atoms with Crippen LogP contribution in [0.3, 0.4) is 0 Å². The summed E-state index contributed by atoms with van der Waals surface area (Å²) in [7, 11) is 0. The highest BCUT2D eigenvalue weighted by Crippen LogP contribution is 2.29. The Morgan fingerprint density at radius 2 is 2.14 bits per heavy atom. The van der Waals surface area contributed by atoms with E-state index in [4.69, 9.17) is 5.73 Å². The highest BCUT2D eigenvalue weighted by Gasteiger charge is 2.19. The van der Waals surface area contributed by atoms with Crippen LogP contribution in [0.2, 0.25) is 0 Å². The number of halogens is 1. The normalized spacial score (nSPS) is 22.6. The molecule has 4 heteroatoms. The van der Waals surface area contributed by atoms with Crippen LogP contribution in [-0.4, -0.2) is 11.9 Å². The van der Waals surface area contributed by atoms with Crippen molar-refractivity contribution in [2.45, 2.75) is 57.9 Å². The summed E-state index contributed by atoms with van der Waals surface area (Å²) in [5, 5.41) is 3.26. The number of hydrogen-bond acceptors (Lipinski definition) is 2. The van der Waals surface area contributed by atoms with Crippen molar-refractivity contribution >= 4 is 11.6 Å². The second-order valence-electron chi connectivity index (χ2n) is 6.06. The molecule has 21 heavy (non-hydrogen) atoms. The van der Waals surface area contributed by atoms with Crippen LogP contribution < -0.4 is 11.1 Å². The van der Waals surface area contributed by atoms with E-state index in [2.05, 4.69) is 12.2 Å². The predicted octanol–water partition coefficient (Wildman–Crippen LogP) is 4.09. The van der Waals surface area contributed by atoms with E-state index in [-0.39, 0.29) is 11.9 Å². The van der Waals surface area contributed by atoms with Crippen molar-refractivity contribution in [3.63, 3.8) is 0 Å². The number of benzene rings is 1. The molecule has 1 aliphatic rings. The van der Waals surface area contributed by atoms with Gasteiger partial charge in [-0.15, -0.1) is 0 Å². The zero-order chi connectivity index (χ0) is 15.2. The fourth-order valence-electron chi connectivity index (χ4n) is 3.23. The summed E-state index contributed by atoms with van der Waals surface area (Å²) >= 11 is 0. The number of anilines is 1. The molecule has 0 heterocycles. The third-order valence-electron chi connectivity index (χ3n) is 4.40. The third-order valence-corrected chi connectivity index (χ3v) is 4.40. The lowest BCUT2D eigenvalue weighted by atomic mass is 9.95. The van der Waals surface area contributed by atoms with Gasteiger partial charge >= 0.3 is 0 Å². The lowest BCUT2D eigenvalue weighted by Gasteiger charge is -2.19. The van der Waals surface area contributed by atoms with Gasteiger partial charge in [0, 0.05) is 11.6 Å². The van der Waals surface area contributed by atoms with Gasteiger partial charge in [0.15, 0.2) is 0 Å². The van der Waals surface area contributed by atoms with E-state index >= 15 is 0 Å². The number of nitrogens with one attached hydrogen (secondary N) is 1. The minimum Gasteiger partial charge on any atom is -0.380 e. The van der Waals surface area contributed by atoms with Crippen LogP contribution in [0.25, 0.3) is 0 Å². The highest BCUT2D eigenvalue weighted by molar-refractivity contribution is 5.93. The number of rotatable bonds is 5. The highest BCUT2D eigenvalue weighted by atomic mass is 19.1. The molecule has 0 aliphatic heterocycles. The van der Waals surface area contributed by atoms with Gasteiger partial charge in [-0.25, -0.2) is 4.39 Å². The predicted molar refractivity (Wildman–Crippen MR) is 83.8 cm³/mol. The summed E-state index contributed by atoms with van der Waals surface area (Å²) in [5.74, 6) is -0.0418. The molecule has 3 nitrogen and oxygen atoms in total. The number of carbonyl (C=O) groups is 1. The maximum absolute atomic E-state index is 13.9. The average molecular weight is 292 g/mol. The van der Waals surface area contributed by atoms with E-state index in [0.29, 0.717) is 11.3 Å². The molecule has 2 rings (SSSR count). The Kier molecular flexibility index (Phi) is 5.59. The van der Waals surface area contributed by atoms with Crippen molar-refractivity contribution in [2.75, 3.05) is 5.32 Å². The molecule has 0 radical (unpaired) electrons. The second-order valence-corrected chi connectivity index (χ2v) is 6.06. The molecule has 1 aromatic carbocycles. The SMILES string of the molecule is CCCC1CCCC(Nc2cc(C(N)=O)ccc2F)CC1. The Balaban J connectivity index is 2.01. The van der Waals surface area contributed by atoms with Gasteiger partial charge in [0.1, 0.15) is 5.82 Å². The van der Waals surface area contributed by atoms with Crippen molar-refractivity contribution in [3.8, 4) is 0 Å². The first-order valence-electron chi connectivity index (χ1n) is 7.96. The quantitative estimate of drug-likeness (QED) is 0.803. The fourth-order valence-corrected chi connectivity index (χ4v) is 3.23. The molecular weight excluding hydrogens is 267 g/mol. The zero-order valence-electron chi connectivity index (χ0n) is 12.7. The van der Waals surface area contributed by atoms with Gasteiger partial charge < -0.3 is 11.1 Å². The van der Waals surface area contributed by atoms with Crippen LogP contribution in [0.4, 0.5) is 10.1 Å². The van der Waals surface area contributed by atoms with E-state index in [1.54, 1.807) is 0 Å². The Morgan fingerprint density at radius 3 is 2.86 bits per heavy atom. The van der Waals surface area contributed by atoms with Gasteiger partial charge in [-0.1, -0.05) is 32.6 Å². The van der Waals surface area contributed by atoms with Crippen molar-refractivity contribution in [2.24, 2.45) is 11.7 Å². The Morgan fingerprint density at radius 1 is 1.33 bits per heavy atom. The lowest BCUT2D eigenvalue weighted by molar-refractivity contribution is 0.100. The summed E-state index contributed by atoms with van der Waals surface area (Å²) in [6.07, 6.45) is 8.29. The van der Waals surface area contributed by atoms with Gasteiger partial charge in [-0.3, -0.25) is 4.79 Å². The molecule has 1 saturated carbocycles. The van der Waals surface area contributed by atoms with E-state index in [0.717, 1.165) is 18.8 Å². The van der Waals surface area contributed by atoms with Crippen molar-refractivity contribution in [3.05, 3.63) is 29.6 Å². The summed E-state index contributed by atoms with van der Waals surface area (Å²) in [6.45, 7) is 2.23. The molecule has 0 bridgehead atoms. The minimum atomic E-state index is -0.526. The van der Waals surface area contributed by atoms with Crippen molar-refractivity contribution < 1.29 is 9.18 Å². The molecule has 1 amide bonds. The fraction of sp³-hybridized carbons (Fsp3) is 0.588. The van der Waals surface area contributed by atoms with E-state index in [1.807, 2.05) is 0 Å². The summed E-state index contributed by atoms with van der Waals surface area (Å²) in [6, 6.07) is 4.53. The van der Waals surface area contributed by atoms with Crippen LogP contribution in [0, 0.1) is 11.7 Å². The molecule has 0 aromatic heterocycles. The third kappa shape index (κ3) is 4.45. The summed E-state index contributed by atoms with van der Waals surface area (Å²) in [4.78, 5) is 11.2. The van der Waals surface area contributed by atoms with Gasteiger partial charge in [-0.2, -0.15) is 0 Å². The van der Waals surface area contributed by atoms with Crippen molar-refractivity contribution in [1.29, 1.82) is 0 Å². The first-order valence-corrected chi connectivity index (χ1v) is 7.96. The molecule has 0 saturated heterocycles. The number of hydrogen-bond donors (Lipinski definition) is 2. The molecule has 1 aromatic rings. The molecular formula is C17H25FN2O. The second kappa shape index (κ2) is 7.43. The largest absolute Gasteiger partial charge is 0.380 e. The Labute approximate surface area is 126 Å². The molecule has 2 atom stereocenters. The maximum atomic E-state index is 13.9. The minimum absolute atomic E-state index is 0.282. The molecule has 1 aliphatic carbocycles. The smallest absolute Gasteiger partial charge is 0.248 e. The van der Waals surface area contributed by atoms with Crippen LogP contribution in [0.1, 0.15) is 62.2 Å². The number of nitrogens with two attached hydrogens (primary N) is 1. The first kappa shape index (κ1) is 15.8. The Hall–Kier alpha value is -1.58. The van der Waals surface area contributed by atoms with Crippen LogP contribution in [0.5, 0.6) is 0 Å². The summed E-state index contributed by atoms with van der Waals surface area (Å²) in [5.41, 5.74) is 5.99. The first-order chi connectivity index (χ1) is 10.1. The van der Waals surface area contributed by atoms with Crippen LogP contribution >= 0.6 is 0 Å². The molecule has 2 unspecified atom stereocenters. The summed E-state index contributed by atoms with van der Waals surface area (Å²) < 4.78 is 13.9. The van der Waals surface area contributed by atoms with Gasteiger partial charge in [0.25, 0.3) is 0 Å². The number of amides is 1. The maximum Gasteiger partial charge on any atom is 0.248 e. The molecule has 3 N–H and O–H groups in total. The van der Waals surface area contributed by atoms with Crippen LogP contribution in [0.15, 0.2) is 18.2 Å². The molecule has 0 spiro atoms. The average Bonchev–Trinajstić information content (AvgIpc) is 2.67. The zero-order valence-corrected chi connectivity index (χ0v) is 12.7. The van der Waals surface area contributed by atoms with Gasteiger partial charge in [0.2, 0.25) is 5.91 Å². The van der Waals surface area contributed by atoms with E-state index in [1.165, 1.54) is 50.3 Å². The standard InChI is InChI=1S/C17H25FN2O/c1-2-4-12-5-3-6-14(9-7-12)20-16-11-13(17(19)21)8-10-15(16)18/h8,10-12,14,20H,2-7,9H2,1H3,(H2,19,21). The number of carbonyl (C=O) groups excluding carboxylic acids is 1. The van der Waals surface area contributed by atoms with E-state index < -0.39 is 5.91 Å². The monoisotopic (exact) mass is 292 g/mol. The topological polar surface area (TPSA) is 55.1 Å². The van der Waals surface area contributed by atoms with Crippen LogP contribution in [-0.2, 0) is 0 Å². The van der Waals surface area contributed by atoms with Crippen molar-refractivity contribution in [1.82, 2.24) is 0 Å². The molecule has 1 fully saturated rings. The molecule has 116 valence electrons. The van der Waals surface area contributed by atoms with E-state index in [9.17, 15) is 9.18 Å². The Bertz CT molecular complexity index is 490. The van der Waals surface area contributed by atoms with Gasteiger partial charge in [-0.05, 0) is 43.4 Å². The lowest BCUT2D eigenvalue weighted by Crippen LogP contribution is -2.20. The van der Waals surface area contributed by atoms with Gasteiger partial charge in [0.05, 0.1) is 5.69 Å².